The summed E-state index contributed by atoms with van der Waals surface area (Å²) < 4.78 is 26.2. The van der Waals surface area contributed by atoms with Gasteiger partial charge in [0, 0.05) is 18.1 Å². The summed E-state index contributed by atoms with van der Waals surface area (Å²) in [4.78, 5) is 27.3. The number of rotatable bonds is 9. The fraction of sp³-hybridized carbons (Fsp3) is 0.364. The van der Waals surface area contributed by atoms with Gasteiger partial charge in [0.05, 0.1) is 22.0 Å². The molecule has 0 aromatic heterocycles. The molecule has 2 rings (SSSR count). The van der Waals surface area contributed by atoms with Crippen molar-refractivity contribution in [1.29, 1.82) is 0 Å². The van der Waals surface area contributed by atoms with Crippen LogP contribution in [0.25, 0.3) is 0 Å². The third-order valence-electron chi connectivity index (χ3n) is 4.97. The van der Waals surface area contributed by atoms with Crippen molar-refractivity contribution in [1.82, 2.24) is 10.2 Å². The van der Waals surface area contributed by atoms with Crippen LogP contribution in [0.1, 0.15) is 25.0 Å². The van der Waals surface area contributed by atoms with Gasteiger partial charge in [0.1, 0.15) is 12.6 Å². The van der Waals surface area contributed by atoms with Gasteiger partial charge in [-0.25, -0.2) is 8.42 Å². The molecule has 2 aromatic rings. The lowest BCUT2D eigenvalue weighted by atomic mass is 10.1. The van der Waals surface area contributed by atoms with E-state index in [9.17, 15) is 18.0 Å². The molecule has 180 valence electrons. The Bertz CT molecular complexity index is 1140. The van der Waals surface area contributed by atoms with Crippen LogP contribution in [0.4, 0.5) is 5.69 Å². The molecule has 1 atom stereocenters. The van der Waals surface area contributed by atoms with Crippen LogP contribution in [0, 0.1) is 6.92 Å². The molecule has 1 N–H and O–H groups in total. The summed E-state index contributed by atoms with van der Waals surface area (Å²) in [6.45, 7) is 4.97. The summed E-state index contributed by atoms with van der Waals surface area (Å²) in [5.41, 5.74) is 1.56. The van der Waals surface area contributed by atoms with Gasteiger partial charge < -0.3 is 10.2 Å². The SMILES string of the molecule is CCNC(=O)[C@@H](C)N(Cc1ccc(Cl)c(Cl)c1)C(=O)CN(c1cc(Cl)ccc1C)S(C)(=O)=O. The van der Waals surface area contributed by atoms with Crippen LogP contribution in [0.2, 0.25) is 15.1 Å². The highest BCUT2D eigenvalue weighted by Crippen LogP contribution is 2.27. The number of nitrogens with one attached hydrogen (secondary N) is 1. The summed E-state index contributed by atoms with van der Waals surface area (Å²) >= 11 is 18.2. The number of benzene rings is 2. The van der Waals surface area contributed by atoms with Gasteiger partial charge in [0.2, 0.25) is 21.8 Å². The molecule has 0 unspecified atom stereocenters. The van der Waals surface area contributed by atoms with Crippen LogP contribution in [0.15, 0.2) is 36.4 Å². The van der Waals surface area contributed by atoms with Crippen LogP contribution < -0.4 is 9.62 Å². The largest absolute Gasteiger partial charge is 0.355 e. The first-order valence-electron chi connectivity index (χ1n) is 10.1. The predicted octanol–water partition coefficient (Wildman–Crippen LogP) is 4.27. The van der Waals surface area contributed by atoms with E-state index in [-0.39, 0.29) is 12.5 Å². The van der Waals surface area contributed by atoms with E-state index >= 15 is 0 Å². The second-order valence-electron chi connectivity index (χ2n) is 7.54. The van der Waals surface area contributed by atoms with Crippen molar-refractivity contribution in [3.05, 3.63) is 62.6 Å². The average molecular weight is 535 g/mol. The standard InChI is InChI=1S/C22H26Cl3N3O4S/c1-5-26-22(30)15(3)27(12-16-7-9-18(24)19(25)10-16)21(29)13-28(33(4,31)32)20-11-17(23)8-6-14(20)2/h6-11,15H,5,12-13H2,1-4H3,(H,26,30)/t15-/m1/s1. The molecule has 7 nitrogen and oxygen atoms in total. The molecule has 2 aromatic carbocycles. The van der Waals surface area contributed by atoms with E-state index < -0.39 is 28.5 Å². The van der Waals surface area contributed by atoms with E-state index in [4.69, 9.17) is 34.8 Å². The number of likely N-dealkylation sites (N-methyl/N-ethyl adjacent to an activating group) is 1. The number of hydrogen-bond donors (Lipinski definition) is 1. The normalized spacial score (nSPS) is 12.2. The summed E-state index contributed by atoms with van der Waals surface area (Å²) in [5.74, 6) is -0.930. The first-order valence-corrected chi connectivity index (χ1v) is 13.1. The second-order valence-corrected chi connectivity index (χ2v) is 10.7. The maximum absolute atomic E-state index is 13.4. The van der Waals surface area contributed by atoms with Gasteiger partial charge in [-0.3, -0.25) is 13.9 Å². The van der Waals surface area contributed by atoms with Crippen LogP contribution in [0.3, 0.4) is 0 Å². The molecule has 0 spiro atoms. The van der Waals surface area contributed by atoms with E-state index in [2.05, 4.69) is 5.32 Å². The minimum absolute atomic E-state index is 0.0279. The Morgan fingerprint density at radius 1 is 1.06 bits per heavy atom. The number of aryl methyl sites for hydroxylation is 1. The van der Waals surface area contributed by atoms with Crippen molar-refractivity contribution < 1.29 is 18.0 Å². The highest BCUT2D eigenvalue weighted by molar-refractivity contribution is 7.92. The van der Waals surface area contributed by atoms with Crippen LogP contribution in [-0.2, 0) is 26.2 Å². The van der Waals surface area contributed by atoms with E-state index in [1.54, 1.807) is 51.1 Å². The Labute approximate surface area is 209 Å². The summed E-state index contributed by atoms with van der Waals surface area (Å²) in [5, 5.41) is 3.68. The first-order chi connectivity index (χ1) is 15.3. The van der Waals surface area contributed by atoms with Gasteiger partial charge in [-0.15, -0.1) is 0 Å². The molecule has 0 heterocycles. The fourth-order valence-corrected chi connectivity index (χ4v) is 4.57. The number of halogens is 3. The number of sulfonamides is 1. The Morgan fingerprint density at radius 3 is 2.30 bits per heavy atom. The van der Waals surface area contributed by atoms with Crippen LogP contribution in [-0.4, -0.2) is 50.5 Å². The van der Waals surface area contributed by atoms with Gasteiger partial charge in [-0.2, -0.15) is 0 Å². The van der Waals surface area contributed by atoms with Gasteiger partial charge in [0.15, 0.2) is 0 Å². The number of carbonyl (C=O) groups is 2. The van der Waals surface area contributed by atoms with E-state index in [0.717, 1.165) is 10.6 Å². The van der Waals surface area contributed by atoms with E-state index in [1.165, 1.54) is 11.0 Å². The number of amides is 2. The third kappa shape index (κ3) is 7.24. The highest BCUT2D eigenvalue weighted by atomic mass is 35.5. The molecule has 0 saturated carbocycles. The molecule has 0 fully saturated rings. The first kappa shape index (κ1) is 27.2. The molecule has 0 aliphatic rings. The average Bonchev–Trinajstić information content (AvgIpc) is 2.73. The Hall–Kier alpha value is -2.00. The monoisotopic (exact) mass is 533 g/mol. The van der Waals surface area contributed by atoms with Crippen LogP contribution in [0.5, 0.6) is 0 Å². The van der Waals surface area contributed by atoms with Crippen molar-refractivity contribution in [3.8, 4) is 0 Å². The predicted molar refractivity (Wildman–Crippen MR) is 134 cm³/mol. The summed E-state index contributed by atoms with van der Waals surface area (Å²) in [6.07, 6.45) is 1.01. The maximum atomic E-state index is 13.4. The number of hydrogen-bond acceptors (Lipinski definition) is 4. The van der Waals surface area contributed by atoms with Crippen molar-refractivity contribution in [3.63, 3.8) is 0 Å². The second kappa shape index (κ2) is 11.4. The lowest BCUT2D eigenvalue weighted by molar-refractivity contribution is -0.139. The Balaban J connectivity index is 2.45. The minimum Gasteiger partial charge on any atom is -0.355 e. The molecule has 0 bridgehead atoms. The number of nitrogens with zero attached hydrogens (tertiary/aromatic N) is 2. The molecule has 2 amide bonds. The summed E-state index contributed by atoms with van der Waals surface area (Å²) in [6, 6.07) is 8.81. The highest BCUT2D eigenvalue weighted by Gasteiger charge is 2.30. The topological polar surface area (TPSA) is 86.8 Å². The quantitative estimate of drug-likeness (QED) is 0.520. The zero-order chi connectivity index (χ0) is 24.9. The minimum atomic E-state index is -3.84. The maximum Gasteiger partial charge on any atom is 0.244 e. The van der Waals surface area contributed by atoms with Crippen LogP contribution >= 0.6 is 34.8 Å². The molecular formula is C22H26Cl3N3O4S. The lowest BCUT2D eigenvalue weighted by Crippen LogP contribution is -2.51. The summed E-state index contributed by atoms with van der Waals surface area (Å²) in [7, 11) is -3.84. The number of anilines is 1. The zero-order valence-electron chi connectivity index (χ0n) is 18.7. The Morgan fingerprint density at radius 2 is 1.73 bits per heavy atom. The van der Waals surface area contributed by atoms with Gasteiger partial charge in [-0.1, -0.05) is 46.9 Å². The van der Waals surface area contributed by atoms with Crippen molar-refractivity contribution in [2.75, 3.05) is 23.7 Å². The molecule has 0 aliphatic carbocycles. The smallest absolute Gasteiger partial charge is 0.244 e. The van der Waals surface area contributed by atoms with Crippen molar-refractivity contribution in [2.24, 2.45) is 0 Å². The van der Waals surface area contributed by atoms with Gasteiger partial charge >= 0.3 is 0 Å². The third-order valence-corrected chi connectivity index (χ3v) is 7.07. The van der Waals surface area contributed by atoms with E-state index in [0.29, 0.717) is 38.4 Å². The lowest BCUT2D eigenvalue weighted by Gasteiger charge is -2.32. The van der Waals surface area contributed by atoms with Crippen molar-refractivity contribution in [2.45, 2.75) is 33.4 Å². The zero-order valence-corrected chi connectivity index (χ0v) is 21.8. The number of carbonyl (C=O) groups excluding carboxylic acids is 2. The molecule has 0 radical (unpaired) electrons. The van der Waals surface area contributed by atoms with E-state index in [1.807, 2.05) is 0 Å². The van der Waals surface area contributed by atoms with Gasteiger partial charge in [0.25, 0.3) is 0 Å². The fourth-order valence-electron chi connectivity index (χ4n) is 3.19. The molecular weight excluding hydrogens is 509 g/mol. The molecule has 0 aliphatic heterocycles. The molecule has 33 heavy (non-hydrogen) atoms. The van der Waals surface area contributed by atoms with Crippen molar-refractivity contribution >= 4 is 62.3 Å². The molecule has 11 heteroatoms. The Kier molecular flexibility index (Phi) is 9.43. The van der Waals surface area contributed by atoms with Gasteiger partial charge in [-0.05, 0) is 56.2 Å². The molecule has 0 saturated heterocycles.